The van der Waals surface area contributed by atoms with Gasteiger partial charge in [-0.1, -0.05) is 133 Å². The van der Waals surface area contributed by atoms with Crippen molar-refractivity contribution in [3.8, 4) is 39.1 Å². The highest BCUT2D eigenvalue weighted by molar-refractivity contribution is 7.20. The van der Waals surface area contributed by atoms with Crippen molar-refractivity contribution >= 4 is 60.3 Å². The lowest BCUT2D eigenvalue weighted by Crippen LogP contribution is -2.09. The van der Waals surface area contributed by atoms with E-state index in [1.165, 1.54) is 81.4 Å². The average molecular weight is 723 g/mol. The van der Waals surface area contributed by atoms with E-state index in [0.717, 1.165) is 17.1 Å². The maximum absolute atomic E-state index is 2.45. The topological polar surface area (TPSA) is 8.17 Å². The van der Waals surface area contributed by atoms with Crippen molar-refractivity contribution in [3.63, 3.8) is 0 Å². The Bertz CT molecular complexity index is 2960. The average Bonchev–Trinajstić information content (AvgIpc) is 3.73. The van der Waals surface area contributed by atoms with E-state index in [0.29, 0.717) is 0 Å². The molecule has 10 rings (SSSR count). The maximum Gasteiger partial charge on any atom is 0.0680 e. The minimum absolute atomic E-state index is 1.12. The number of benzene rings is 8. The van der Waals surface area contributed by atoms with Gasteiger partial charge in [-0.05, 0) is 124 Å². The van der Waals surface area contributed by atoms with Gasteiger partial charge in [0.15, 0.2) is 0 Å². The zero-order valence-corrected chi connectivity index (χ0v) is 31.6. The van der Waals surface area contributed by atoms with Crippen LogP contribution in [0, 0.1) is 13.8 Å². The van der Waals surface area contributed by atoms with Crippen LogP contribution in [-0.4, -0.2) is 4.57 Å². The van der Waals surface area contributed by atoms with Crippen molar-refractivity contribution in [2.45, 2.75) is 13.8 Å². The number of aromatic nitrogens is 1. The molecule has 2 aromatic heterocycles. The van der Waals surface area contributed by atoms with E-state index in [9.17, 15) is 0 Å². The molecule has 0 aliphatic carbocycles. The molecule has 8 aromatic carbocycles. The summed E-state index contributed by atoms with van der Waals surface area (Å²) in [6.07, 6.45) is 0. The number of thiophene rings is 1. The standard InChI is InChI=1S/C52H38N2S/c1-35-36(2)55-52-49-34-44(24-32-50(49)54(51(35)52)47-29-19-41(20-30-47)38-13-7-4-8-14-38)42-21-27-46(28-22-42)53(48-31-23-39-15-9-10-16-43(39)33-48)45-25-17-40(18-26-45)37-11-5-3-6-12-37/h3-34H,1-2H3. The van der Waals surface area contributed by atoms with Gasteiger partial charge in [0.25, 0.3) is 0 Å². The second-order valence-corrected chi connectivity index (χ2v) is 15.5. The largest absolute Gasteiger partial charge is 0.310 e. The molecule has 0 N–H and O–H groups in total. The fourth-order valence-electron chi connectivity index (χ4n) is 7.98. The van der Waals surface area contributed by atoms with E-state index >= 15 is 0 Å². The third-order valence-corrected chi connectivity index (χ3v) is 12.2. The Morgan fingerprint density at radius 1 is 0.418 bits per heavy atom. The van der Waals surface area contributed by atoms with Crippen molar-refractivity contribution in [2.75, 3.05) is 4.90 Å². The Balaban J connectivity index is 1.04. The first-order valence-electron chi connectivity index (χ1n) is 18.8. The van der Waals surface area contributed by atoms with E-state index in [4.69, 9.17) is 0 Å². The molecule has 10 aromatic rings. The molecule has 0 aliphatic rings. The number of aryl methyl sites for hydroxylation is 2. The van der Waals surface area contributed by atoms with Crippen LogP contribution < -0.4 is 4.90 Å². The molecule has 55 heavy (non-hydrogen) atoms. The summed E-state index contributed by atoms with van der Waals surface area (Å²) in [5.74, 6) is 0. The first-order valence-corrected chi connectivity index (χ1v) is 19.7. The number of fused-ring (bicyclic) bond motifs is 4. The Kier molecular flexibility index (Phi) is 8.16. The molecule has 0 unspecified atom stereocenters. The van der Waals surface area contributed by atoms with Crippen molar-refractivity contribution in [1.29, 1.82) is 0 Å². The van der Waals surface area contributed by atoms with Crippen molar-refractivity contribution in [2.24, 2.45) is 0 Å². The highest BCUT2D eigenvalue weighted by atomic mass is 32.1. The van der Waals surface area contributed by atoms with Crippen LogP contribution in [0.4, 0.5) is 17.1 Å². The molecular formula is C52H38N2S. The fourth-order valence-corrected chi connectivity index (χ4v) is 9.15. The minimum Gasteiger partial charge on any atom is -0.310 e. The molecule has 0 atom stereocenters. The molecule has 0 amide bonds. The van der Waals surface area contributed by atoms with Crippen molar-refractivity contribution in [3.05, 3.63) is 205 Å². The molecule has 0 radical (unpaired) electrons. The van der Waals surface area contributed by atoms with Crippen LogP contribution in [-0.2, 0) is 0 Å². The van der Waals surface area contributed by atoms with E-state index in [-0.39, 0.29) is 0 Å². The lowest BCUT2D eigenvalue weighted by Gasteiger charge is -2.26. The Hall–Kier alpha value is -6.68. The Morgan fingerprint density at radius 3 is 1.53 bits per heavy atom. The van der Waals surface area contributed by atoms with Gasteiger partial charge in [-0.15, -0.1) is 11.3 Å². The number of hydrogen-bond acceptors (Lipinski definition) is 2. The predicted molar refractivity (Wildman–Crippen MR) is 237 cm³/mol. The molecule has 3 heteroatoms. The van der Waals surface area contributed by atoms with E-state index in [2.05, 4.69) is 217 Å². The minimum atomic E-state index is 1.12. The normalized spacial score (nSPS) is 11.5. The van der Waals surface area contributed by atoms with Gasteiger partial charge in [0.05, 0.1) is 15.7 Å². The molecular weight excluding hydrogens is 685 g/mol. The van der Waals surface area contributed by atoms with Gasteiger partial charge < -0.3 is 9.47 Å². The summed E-state index contributed by atoms with van der Waals surface area (Å²) in [6, 6.07) is 70.4. The van der Waals surface area contributed by atoms with Gasteiger partial charge in [-0.3, -0.25) is 0 Å². The molecule has 2 nitrogen and oxygen atoms in total. The summed E-state index contributed by atoms with van der Waals surface area (Å²) >= 11 is 1.90. The lowest BCUT2D eigenvalue weighted by molar-refractivity contribution is 1.17. The third-order valence-electron chi connectivity index (χ3n) is 11.0. The third kappa shape index (κ3) is 5.90. The Morgan fingerprint density at radius 2 is 0.909 bits per heavy atom. The van der Waals surface area contributed by atoms with E-state index in [1.54, 1.807) is 0 Å². The second-order valence-electron chi connectivity index (χ2n) is 14.3. The molecule has 262 valence electrons. The van der Waals surface area contributed by atoms with Crippen molar-refractivity contribution < 1.29 is 0 Å². The highest BCUT2D eigenvalue weighted by Gasteiger charge is 2.19. The number of rotatable bonds is 7. The first kappa shape index (κ1) is 32.9. The zero-order chi connectivity index (χ0) is 36.9. The summed E-state index contributed by atoms with van der Waals surface area (Å²) in [4.78, 5) is 3.72. The van der Waals surface area contributed by atoms with E-state index < -0.39 is 0 Å². The van der Waals surface area contributed by atoms with Crippen LogP contribution in [0.2, 0.25) is 0 Å². The van der Waals surface area contributed by atoms with Crippen LogP contribution in [0.25, 0.3) is 71.0 Å². The smallest absolute Gasteiger partial charge is 0.0680 e. The summed E-state index contributed by atoms with van der Waals surface area (Å²) in [6.45, 7) is 4.51. The van der Waals surface area contributed by atoms with Crippen LogP contribution in [0.5, 0.6) is 0 Å². The molecule has 0 bridgehead atoms. The van der Waals surface area contributed by atoms with Gasteiger partial charge in [0.1, 0.15) is 0 Å². The van der Waals surface area contributed by atoms with Gasteiger partial charge in [0, 0.05) is 33.0 Å². The van der Waals surface area contributed by atoms with Gasteiger partial charge in [-0.25, -0.2) is 0 Å². The summed E-state index contributed by atoms with van der Waals surface area (Å²) in [5.41, 5.74) is 15.7. The molecule has 0 saturated carbocycles. The Labute approximate surface area is 325 Å². The number of hydrogen-bond donors (Lipinski definition) is 0. The number of anilines is 3. The monoisotopic (exact) mass is 722 g/mol. The predicted octanol–water partition coefficient (Wildman–Crippen LogP) is 15.1. The highest BCUT2D eigenvalue weighted by Crippen LogP contribution is 2.43. The number of nitrogens with zero attached hydrogens (tertiary/aromatic N) is 2. The lowest BCUT2D eigenvalue weighted by atomic mass is 10.0. The zero-order valence-electron chi connectivity index (χ0n) is 30.8. The molecule has 0 spiro atoms. The maximum atomic E-state index is 2.45. The fraction of sp³-hybridized carbons (Fsp3) is 0.0385. The molecule has 2 heterocycles. The van der Waals surface area contributed by atoms with Gasteiger partial charge >= 0.3 is 0 Å². The summed E-state index contributed by atoms with van der Waals surface area (Å²) < 4.78 is 3.80. The van der Waals surface area contributed by atoms with Crippen LogP contribution in [0.15, 0.2) is 194 Å². The molecule has 0 fully saturated rings. The van der Waals surface area contributed by atoms with Crippen molar-refractivity contribution in [1.82, 2.24) is 4.57 Å². The van der Waals surface area contributed by atoms with Gasteiger partial charge in [-0.2, -0.15) is 0 Å². The first-order chi connectivity index (χ1) is 27.1. The second kappa shape index (κ2) is 13.6. The van der Waals surface area contributed by atoms with E-state index in [1.807, 2.05) is 11.3 Å². The van der Waals surface area contributed by atoms with Crippen LogP contribution in [0.1, 0.15) is 10.4 Å². The molecule has 0 saturated heterocycles. The van der Waals surface area contributed by atoms with Crippen LogP contribution in [0.3, 0.4) is 0 Å². The summed E-state index contributed by atoms with van der Waals surface area (Å²) in [7, 11) is 0. The SMILES string of the molecule is Cc1sc2c3cc(-c4ccc(N(c5ccc(-c6ccccc6)cc5)c5ccc6ccccc6c5)cc4)ccc3n(-c3ccc(-c4ccccc4)cc3)c2c1C. The van der Waals surface area contributed by atoms with Crippen LogP contribution >= 0.6 is 11.3 Å². The quantitative estimate of drug-likeness (QED) is 0.159. The molecule has 0 aliphatic heterocycles. The summed E-state index contributed by atoms with van der Waals surface area (Å²) in [5, 5.41) is 3.75. The van der Waals surface area contributed by atoms with Gasteiger partial charge in [0.2, 0.25) is 0 Å².